The van der Waals surface area contributed by atoms with Crippen molar-refractivity contribution < 1.29 is 28.5 Å². The lowest BCUT2D eigenvalue weighted by Crippen LogP contribution is -2.07. The number of rotatable bonds is 6. The van der Waals surface area contributed by atoms with E-state index in [0.717, 1.165) is 22.6 Å². The van der Waals surface area contributed by atoms with E-state index in [1.54, 1.807) is 26.4 Å². The Labute approximate surface area is 167 Å². The number of ether oxygens (including phenoxy) is 4. The summed E-state index contributed by atoms with van der Waals surface area (Å²) in [7, 11) is 5.95. The van der Waals surface area contributed by atoms with Gasteiger partial charge in [0.25, 0.3) is 0 Å². The third kappa shape index (κ3) is 7.70. The fraction of sp³-hybridized carbons (Fsp3) is 0.300. The van der Waals surface area contributed by atoms with Crippen molar-refractivity contribution >= 4 is 27.9 Å². The van der Waals surface area contributed by atoms with Crippen LogP contribution in [0.4, 0.5) is 0 Å². The number of carbonyl (C=O) groups is 2. The third-order valence-corrected chi connectivity index (χ3v) is 4.45. The minimum atomic E-state index is -0.418. The molecule has 0 heterocycles. The maximum atomic E-state index is 11.2. The monoisotopic (exact) mass is 438 g/mol. The van der Waals surface area contributed by atoms with Gasteiger partial charge in [-0.1, -0.05) is 40.2 Å². The van der Waals surface area contributed by atoms with Crippen LogP contribution in [0.25, 0.3) is 0 Å². The van der Waals surface area contributed by atoms with Crippen molar-refractivity contribution in [3.63, 3.8) is 0 Å². The summed E-state index contributed by atoms with van der Waals surface area (Å²) in [6.45, 7) is 0. The Bertz CT molecular complexity index is 712. The molecule has 0 aromatic heterocycles. The van der Waals surface area contributed by atoms with Gasteiger partial charge < -0.3 is 18.9 Å². The van der Waals surface area contributed by atoms with Gasteiger partial charge in [-0.05, 0) is 35.4 Å². The molecule has 0 spiro atoms. The Balaban J connectivity index is 0.000000271. The van der Waals surface area contributed by atoms with E-state index in [4.69, 9.17) is 9.47 Å². The van der Waals surface area contributed by atoms with Crippen LogP contribution in [0.3, 0.4) is 0 Å². The lowest BCUT2D eigenvalue weighted by molar-refractivity contribution is -0.140. The van der Waals surface area contributed by atoms with Gasteiger partial charge in [-0.3, -0.25) is 9.59 Å². The number of halogens is 1. The zero-order valence-electron chi connectivity index (χ0n) is 15.7. The van der Waals surface area contributed by atoms with Gasteiger partial charge in [0.2, 0.25) is 0 Å². The molecular weight excluding hydrogens is 416 g/mol. The van der Waals surface area contributed by atoms with E-state index in [9.17, 15) is 9.59 Å². The minimum Gasteiger partial charge on any atom is -0.497 e. The molecule has 0 saturated heterocycles. The molecule has 0 saturated carbocycles. The highest BCUT2D eigenvalue weighted by atomic mass is 79.9. The van der Waals surface area contributed by atoms with Crippen LogP contribution in [0, 0.1) is 0 Å². The molecule has 2 aromatic rings. The molecule has 2 rings (SSSR count). The van der Waals surface area contributed by atoms with Crippen molar-refractivity contribution in [2.75, 3.05) is 28.4 Å². The fourth-order valence-corrected chi connectivity index (χ4v) is 2.49. The summed E-state index contributed by atoms with van der Waals surface area (Å²) in [6, 6.07) is 14.5. The van der Waals surface area contributed by atoms with E-state index >= 15 is 0 Å². The summed E-state index contributed by atoms with van der Waals surface area (Å²) in [4.78, 5) is 21.6. The van der Waals surface area contributed by atoms with Crippen molar-refractivity contribution in [2.24, 2.45) is 0 Å². The molecule has 1 unspecified atom stereocenters. The van der Waals surface area contributed by atoms with Crippen LogP contribution in [0.15, 0.2) is 48.5 Å². The summed E-state index contributed by atoms with van der Waals surface area (Å²) in [5.41, 5.74) is 1.77. The third-order valence-electron chi connectivity index (χ3n) is 3.55. The minimum absolute atomic E-state index is 0.231. The predicted molar refractivity (Wildman–Crippen MR) is 105 cm³/mol. The van der Waals surface area contributed by atoms with Crippen molar-refractivity contribution in [1.29, 1.82) is 0 Å². The number of hydrogen-bond donors (Lipinski definition) is 0. The first-order valence-corrected chi connectivity index (χ1v) is 8.92. The number of hydrogen-bond acceptors (Lipinski definition) is 6. The van der Waals surface area contributed by atoms with Crippen LogP contribution in [-0.4, -0.2) is 40.4 Å². The molecule has 0 bridgehead atoms. The van der Waals surface area contributed by atoms with E-state index in [-0.39, 0.29) is 11.9 Å². The van der Waals surface area contributed by atoms with Gasteiger partial charge in [-0.2, -0.15) is 0 Å². The Kier molecular flexibility index (Phi) is 9.96. The maximum Gasteiger partial charge on any atom is 0.323 e. The molecule has 0 radical (unpaired) electrons. The van der Waals surface area contributed by atoms with Crippen LogP contribution >= 0.6 is 15.9 Å². The molecule has 27 heavy (non-hydrogen) atoms. The van der Waals surface area contributed by atoms with Crippen LogP contribution in [0.1, 0.15) is 16.0 Å². The number of esters is 2. The number of alkyl halides is 1. The van der Waals surface area contributed by atoms with Crippen LogP contribution < -0.4 is 9.47 Å². The Hall–Kier alpha value is -2.54. The smallest absolute Gasteiger partial charge is 0.323 e. The summed E-state index contributed by atoms with van der Waals surface area (Å²) < 4.78 is 19.1. The SMILES string of the molecule is COC(=O)C(Br)c1ccc(OC)cc1.COC(=O)Cc1ccc(OC)cc1. The largest absolute Gasteiger partial charge is 0.497 e. The van der Waals surface area contributed by atoms with E-state index in [1.165, 1.54) is 14.2 Å². The molecule has 2 aromatic carbocycles. The molecule has 7 heteroatoms. The van der Waals surface area contributed by atoms with Crippen LogP contribution in [0.2, 0.25) is 0 Å². The normalized spacial score (nSPS) is 10.7. The van der Waals surface area contributed by atoms with Crippen molar-refractivity contribution in [3.8, 4) is 11.5 Å². The lowest BCUT2D eigenvalue weighted by Gasteiger charge is -2.08. The first-order chi connectivity index (χ1) is 12.9. The molecule has 0 amide bonds. The summed E-state index contributed by atoms with van der Waals surface area (Å²) in [5.74, 6) is 1.01. The molecule has 0 aliphatic heterocycles. The van der Waals surface area contributed by atoms with Crippen LogP contribution in [0.5, 0.6) is 11.5 Å². The zero-order chi connectivity index (χ0) is 20.2. The van der Waals surface area contributed by atoms with Crippen molar-refractivity contribution in [3.05, 3.63) is 59.7 Å². The predicted octanol–water partition coefficient (Wildman–Crippen LogP) is 3.71. The van der Waals surface area contributed by atoms with Gasteiger partial charge in [0.15, 0.2) is 0 Å². The first-order valence-electron chi connectivity index (χ1n) is 8.00. The number of benzene rings is 2. The summed E-state index contributed by atoms with van der Waals surface area (Å²) >= 11 is 3.24. The molecule has 6 nitrogen and oxygen atoms in total. The summed E-state index contributed by atoms with van der Waals surface area (Å²) in [5, 5.41) is 0. The van der Waals surface area contributed by atoms with E-state index in [2.05, 4.69) is 25.4 Å². The molecule has 1 atom stereocenters. The number of methoxy groups -OCH3 is 4. The van der Waals surface area contributed by atoms with Gasteiger partial charge in [0.1, 0.15) is 16.3 Å². The van der Waals surface area contributed by atoms with E-state index in [1.807, 2.05) is 36.4 Å². The fourth-order valence-electron chi connectivity index (χ4n) is 1.99. The molecular formula is C20H23BrO6. The molecule has 146 valence electrons. The molecule has 0 aliphatic rings. The van der Waals surface area contributed by atoms with Gasteiger partial charge in [-0.25, -0.2) is 0 Å². The highest BCUT2D eigenvalue weighted by Crippen LogP contribution is 2.25. The zero-order valence-corrected chi connectivity index (χ0v) is 17.3. The van der Waals surface area contributed by atoms with Crippen molar-refractivity contribution in [2.45, 2.75) is 11.2 Å². The second kappa shape index (κ2) is 12.0. The molecule has 0 N–H and O–H groups in total. The Morgan fingerprint density at radius 1 is 0.815 bits per heavy atom. The van der Waals surface area contributed by atoms with Gasteiger partial charge in [-0.15, -0.1) is 0 Å². The lowest BCUT2D eigenvalue weighted by atomic mass is 10.1. The Morgan fingerprint density at radius 3 is 1.70 bits per heavy atom. The molecule has 0 fully saturated rings. The highest BCUT2D eigenvalue weighted by Gasteiger charge is 2.17. The topological polar surface area (TPSA) is 71.1 Å². The quantitative estimate of drug-likeness (QED) is 0.505. The molecule has 0 aliphatic carbocycles. The van der Waals surface area contributed by atoms with Gasteiger partial charge in [0, 0.05) is 0 Å². The number of carbonyl (C=O) groups excluding carboxylic acids is 2. The second-order valence-corrected chi connectivity index (χ2v) is 6.18. The standard InChI is InChI=1S/C10H11BrO3.C10H12O3/c1-13-8-5-3-7(4-6-8)9(11)10(12)14-2;1-12-9-5-3-8(4-6-9)7-10(11)13-2/h3-6,9H,1-2H3;3-6H,7H2,1-2H3. The average molecular weight is 439 g/mol. The van der Waals surface area contributed by atoms with Crippen LogP contribution in [-0.2, 0) is 25.5 Å². The summed E-state index contributed by atoms with van der Waals surface area (Å²) in [6.07, 6.45) is 0.306. The average Bonchev–Trinajstić information content (AvgIpc) is 2.73. The van der Waals surface area contributed by atoms with E-state index < -0.39 is 4.83 Å². The van der Waals surface area contributed by atoms with Gasteiger partial charge in [0.05, 0.1) is 34.9 Å². The Morgan fingerprint density at radius 2 is 1.30 bits per heavy atom. The van der Waals surface area contributed by atoms with E-state index in [0.29, 0.717) is 6.42 Å². The van der Waals surface area contributed by atoms with Crippen molar-refractivity contribution in [1.82, 2.24) is 0 Å². The van der Waals surface area contributed by atoms with Gasteiger partial charge >= 0.3 is 11.9 Å². The maximum absolute atomic E-state index is 11.2. The highest BCUT2D eigenvalue weighted by molar-refractivity contribution is 9.09. The second-order valence-electron chi connectivity index (χ2n) is 5.26. The first kappa shape index (κ1) is 22.5.